The lowest BCUT2D eigenvalue weighted by atomic mass is 9.72. The molecule has 2 aliphatic rings. The summed E-state index contributed by atoms with van der Waals surface area (Å²) in [5.41, 5.74) is 5.90. The van der Waals surface area contributed by atoms with Gasteiger partial charge in [-0.2, -0.15) is 4.98 Å². The second-order valence-electron chi connectivity index (χ2n) is 6.86. The van der Waals surface area contributed by atoms with Crippen LogP contribution >= 0.6 is 0 Å². The van der Waals surface area contributed by atoms with Crippen molar-refractivity contribution < 1.29 is 9.26 Å². The molecule has 2 saturated carbocycles. The largest absolute Gasteiger partial charge is 0.370 e. The third-order valence-electron chi connectivity index (χ3n) is 5.55. The minimum absolute atomic E-state index is 0.165. The summed E-state index contributed by atoms with van der Waals surface area (Å²) in [5.74, 6) is 1.47. The van der Waals surface area contributed by atoms with Crippen molar-refractivity contribution in [1.29, 1.82) is 0 Å². The molecule has 21 heavy (non-hydrogen) atoms. The van der Waals surface area contributed by atoms with Crippen molar-refractivity contribution in [3.63, 3.8) is 0 Å². The molecule has 0 saturated heterocycles. The van der Waals surface area contributed by atoms with E-state index in [1.807, 2.05) is 0 Å². The molecule has 0 atom stereocenters. The van der Waals surface area contributed by atoms with Crippen LogP contribution in [0.25, 0.3) is 0 Å². The normalized spacial score (nSPS) is 24.3. The van der Waals surface area contributed by atoms with Gasteiger partial charge in [0, 0.05) is 13.5 Å². The first-order valence-electron chi connectivity index (χ1n) is 8.30. The molecule has 0 aromatic carbocycles. The molecule has 118 valence electrons. The Labute approximate surface area is 126 Å². The summed E-state index contributed by atoms with van der Waals surface area (Å²) in [4.78, 5) is 4.66. The lowest BCUT2D eigenvalue weighted by molar-refractivity contribution is -0.0178. The number of hydrogen-bond acceptors (Lipinski definition) is 5. The molecule has 0 radical (unpaired) electrons. The summed E-state index contributed by atoms with van der Waals surface area (Å²) in [6, 6.07) is 0. The number of methoxy groups -OCH3 is 1. The number of ether oxygens (including phenoxy) is 1. The van der Waals surface area contributed by atoms with Gasteiger partial charge in [-0.05, 0) is 50.5 Å². The van der Waals surface area contributed by atoms with E-state index in [1.165, 1.54) is 44.9 Å². The van der Waals surface area contributed by atoms with Crippen LogP contribution in [0.15, 0.2) is 4.52 Å². The van der Waals surface area contributed by atoms with Crippen molar-refractivity contribution >= 4 is 0 Å². The Bertz CT molecular complexity index is 460. The van der Waals surface area contributed by atoms with E-state index in [1.54, 1.807) is 7.11 Å². The molecule has 5 nitrogen and oxygen atoms in total. The van der Waals surface area contributed by atoms with Crippen molar-refractivity contribution in [3.8, 4) is 0 Å². The maximum absolute atomic E-state index is 6.05. The monoisotopic (exact) mass is 293 g/mol. The Kier molecular flexibility index (Phi) is 4.31. The zero-order valence-corrected chi connectivity index (χ0v) is 13.1. The highest BCUT2D eigenvalue weighted by Crippen LogP contribution is 2.41. The predicted octanol–water partition coefficient (Wildman–Crippen LogP) is 2.94. The number of nitrogens with two attached hydrogens (primary N) is 1. The fraction of sp³-hybridized carbons (Fsp3) is 0.875. The molecule has 2 fully saturated rings. The van der Waals surface area contributed by atoms with Gasteiger partial charge in [-0.1, -0.05) is 24.4 Å². The lowest BCUT2D eigenvalue weighted by Crippen LogP contribution is -2.35. The number of rotatable bonds is 5. The first-order chi connectivity index (χ1) is 10.2. The highest BCUT2D eigenvalue weighted by atomic mass is 16.5. The van der Waals surface area contributed by atoms with Crippen LogP contribution in [-0.2, 0) is 16.8 Å². The molecule has 0 unspecified atom stereocenters. The summed E-state index contributed by atoms with van der Waals surface area (Å²) in [6.45, 7) is 0.708. The zero-order chi connectivity index (χ0) is 14.8. The van der Waals surface area contributed by atoms with Crippen molar-refractivity contribution in [1.82, 2.24) is 10.1 Å². The fourth-order valence-electron chi connectivity index (χ4n) is 4.05. The number of hydrogen-bond donors (Lipinski definition) is 1. The van der Waals surface area contributed by atoms with Crippen LogP contribution in [-0.4, -0.2) is 23.8 Å². The zero-order valence-electron chi connectivity index (χ0n) is 13.1. The minimum Gasteiger partial charge on any atom is -0.370 e. The van der Waals surface area contributed by atoms with Gasteiger partial charge in [-0.3, -0.25) is 0 Å². The Morgan fingerprint density at radius 3 is 2.38 bits per heavy atom. The molecule has 2 aliphatic carbocycles. The van der Waals surface area contributed by atoms with Gasteiger partial charge >= 0.3 is 0 Å². The van der Waals surface area contributed by atoms with Crippen LogP contribution in [0.1, 0.15) is 69.5 Å². The van der Waals surface area contributed by atoms with Gasteiger partial charge in [-0.15, -0.1) is 0 Å². The molecular weight excluding hydrogens is 266 g/mol. The molecule has 0 aliphatic heterocycles. The minimum atomic E-state index is -0.315. The van der Waals surface area contributed by atoms with Gasteiger partial charge in [0.05, 0.1) is 0 Å². The van der Waals surface area contributed by atoms with E-state index in [-0.39, 0.29) is 11.0 Å². The van der Waals surface area contributed by atoms with Gasteiger partial charge in [0.1, 0.15) is 5.60 Å². The summed E-state index contributed by atoms with van der Waals surface area (Å²) in [6.07, 6.45) is 11.3. The quantitative estimate of drug-likeness (QED) is 0.903. The van der Waals surface area contributed by atoms with Gasteiger partial charge < -0.3 is 15.0 Å². The maximum atomic E-state index is 6.05. The first kappa shape index (κ1) is 15.0. The Morgan fingerprint density at radius 2 is 1.76 bits per heavy atom. The van der Waals surface area contributed by atoms with Crippen LogP contribution in [0.5, 0.6) is 0 Å². The van der Waals surface area contributed by atoms with Crippen molar-refractivity contribution in [2.24, 2.45) is 11.1 Å². The standard InChI is InChI=1S/C16H27N3O2/c1-20-16(9-5-6-10-16)14-18-13(21-19-14)11-15(12-17)7-3-2-4-8-15/h2-12,17H2,1H3. The van der Waals surface area contributed by atoms with Crippen LogP contribution in [0.2, 0.25) is 0 Å². The molecule has 5 heteroatoms. The number of aromatic nitrogens is 2. The molecule has 1 heterocycles. The molecule has 3 rings (SSSR count). The first-order valence-corrected chi connectivity index (χ1v) is 8.30. The smallest absolute Gasteiger partial charge is 0.227 e. The predicted molar refractivity (Wildman–Crippen MR) is 79.7 cm³/mol. The average molecular weight is 293 g/mol. The van der Waals surface area contributed by atoms with E-state index in [2.05, 4.69) is 10.1 Å². The van der Waals surface area contributed by atoms with E-state index >= 15 is 0 Å². The van der Waals surface area contributed by atoms with E-state index in [4.69, 9.17) is 15.0 Å². The van der Waals surface area contributed by atoms with Crippen molar-refractivity contribution in [2.75, 3.05) is 13.7 Å². The molecule has 0 spiro atoms. The highest BCUT2D eigenvalue weighted by Gasteiger charge is 2.41. The van der Waals surface area contributed by atoms with Crippen LogP contribution < -0.4 is 5.73 Å². The van der Waals surface area contributed by atoms with E-state index in [9.17, 15) is 0 Å². The average Bonchev–Trinajstić information content (AvgIpc) is 3.18. The Hall–Kier alpha value is -0.940. The Morgan fingerprint density at radius 1 is 1.10 bits per heavy atom. The van der Waals surface area contributed by atoms with Crippen molar-refractivity contribution in [2.45, 2.75) is 69.8 Å². The highest BCUT2D eigenvalue weighted by molar-refractivity contribution is 5.05. The fourth-order valence-corrected chi connectivity index (χ4v) is 4.05. The second kappa shape index (κ2) is 6.05. The lowest BCUT2D eigenvalue weighted by Gasteiger charge is -2.35. The summed E-state index contributed by atoms with van der Waals surface area (Å²) >= 11 is 0. The molecule has 1 aromatic heterocycles. The summed E-state index contributed by atoms with van der Waals surface area (Å²) in [7, 11) is 1.75. The topological polar surface area (TPSA) is 74.2 Å². The SMILES string of the molecule is COC1(c2noc(CC3(CN)CCCCC3)n2)CCCC1. The van der Waals surface area contributed by atoms with E-state index in [0.717, 1.165) is 31.0 Å². The summed E-state index contributed by atoms with van der Waals surface area (Å²) in [5, 5.41) is 4.22. The van der Waals surface area contributed by atoms with Gasteiger partial charge in [0.15, 0.2) is 0 Å². The third kappa shape index (κ3) is 2.86. The molecule has 2 N–H and O–H groups in total. The molecule has 1 aromatic rings. The summed E-state index contributed by atoms with van der Waals surface area (Å²) < 4.78 is 11.3. The van der Waals surface area contributed by atoms with Crippen molar-refractivity contribution in [3.05, 3.63) is 11.7 Å². The van der Waals surface area contributed by atoms with Gasteiger partial charge in [-0.25, -0.2) is 0 Å². The maximum Gasteiger partial charge on any atom is 0.227 e. The molecular formula is C16H27N3O2. The van der Waals surface area contributed by atoms with Gasteiger partial charge in [0.25, 0.3) is 0 Å². The molecule has 0 amide bonds. The Balaban J connectivity index is 1.75. The number of nitrogens with zero attached hydrogens (tertiary/aromatic N) is 2. The van der Waals surface area contributed by atoms with Gasteiger partial charge in [0.2, 0.25) is 11.7 Å². The second-order valence-corrected chi connectivity index (χ2v) is 6.86. The van der Waals surface area contributed by atoms with E-state index < -0.39 is 0 Å². The van der Waals surface area contributed by atoms with Crippen LogP contribution in [0, 0.1) is 5.41 Å². The van der Waals surface area contributed by atoms with E-state index in [0.29, 0.717) is 6.54 Å². The third-order valence-corrected chi connectivity index (χ3v) is 5.55. The van der Waals surface area contributed by atoms with Crippen LogP contribution in [0.4, 0.5) is 0 Å². The van der Waals surface area contributed by atoms with Crippen LogP contribution in [0.3, 0.4) is 0 Å². The molecule has 0 bridgehead atoms.